The van der Waals surface area contributed by atoms with Crippen molar-refractivity contribution in [2.45, 2.75) is 26.3 Å². The van der Waals surface area contributed by atoms with E-state index in [0.29, 0.717) is 6.54 Å². The van der Waals surface area contributed by atoms with Crippen molar-refractivity contribution in [1.29, 1.82) is 0 Å². The smallest absolute Gasteiger partial charge is 0.324 e. The van der Waals surface area contributed by atoms with Crippen molar-refractivity contribution in [3.05, 3.63) is 5.69 Å². The molecule has 2 amide bonds. The van der Waals surface area contributed by atoms with E-state index in [4.69, 9.17) is 0 Å². The first-order valence-electron chi connectivity index (χ1n) is 7.87. The van der Waals surface area contributed by atoms with Gasteiger partial charge in [0.2, 0.25) is 0 Å². The van der Waals surface area contributed by atoms with E-state index in [1.807, 2.05) is 35.5 Å². The molecule has 3 heterocycles. The zero-order chi connectivity index (χ0) is 16.1. The summed E-state index contributed by atoms with van der Waals surface area (Å²) in [5, 5.41) is 8.05. The van der Waals surface area contributed by atoms with Gasteiger partial charge in [-0.05, 0) is 20.8 Å². The molecule has 2 saturated heterocycles. The summed E-state index contributed by atoms with van der Waals surface area (Å²) in [5.74, 6) is 0.931. The number of carbonyl (C=O) groups excluding carboxylic acids is 1. The van der Waals surface area contributed by atoms with Crippen LogP contribution < -0.4 is 15.1 Å². The number of likely N-dealkylation sites (N-methyl/N-ethyl adjacent to an activating group) is 1. The van der Waals surface area contributed by atoms with Gasteiger partial charge in [0.15, 0.2) is 5.82 Å². The molecule has 0 saturated carbocycles. The topological polar surface area (TPSA) is 56.6 Å². The molecule has 3 rings (SSSR count). The van der Waals surface area contributed by atoms with E-state index < -0.39 is 0 Å². The van der Waals surface area contributed by atoms with Gasteiger partial charge in [-0.25, -0.2) is 4.79 Å². The number of nitrogens with one attached hydrogen (secondary N) is 1. The van der Waals surface area contributed by atoms with Crippen LogP contribution in [0.1, 0.15) is 19.5 Å². The largest absolute Gasteiger partial charge is 0.351 e. The Bertz CT molecular complexity index is 587. The number of carbonyl (C=O) groups is 1. The fraction of sp³-hybridized carbons (Fsp3) is 0.733. The van der Waals surface area contributed by atoms with Gasteiger partial charge in [-0.1, -0.05) is 0 Å². The Hall–Kier alpha value is -1.76. The molecule has 0 radical (unpaired) electrons. The second kappa shape index (κ2) is 5.15. The summed E-state index contributed by atoms with van der Waals surface area (Å²) in [7, 11) is 3.82. The lowest BCUT2D eigenvalue weighted by molar-refractivity contribution is 0.198. The first-order valence-corrected chi connectivity index (χ1v) is 7.87. The maximum Gasteiger partial charge on any atom is 0.324 e. The molecule has 0 spiro atoms. The molecule has 2 aliphatic heterocycles. The number of aryl methyl sites for hydroxylation is 1. The van der Waals surface area contributed by atoms with E-state index in [1.54, 1.807) is 0 Å². The Morgan fingerprint density at radius 3 is 2.36 bits per heavy atom. The summed E-state index contributed by atoms with van der Waals surface area (Å²) >= 11 is 0. The second-order valence-electron chi connectivity index (χ2n) is 6.86. The standard InChI is InChI=1S/C15H26N6O/c1-11-12(21-10-15(2,3)18(4)14(21)22)13(17-19(11)5)20-8-6-16-7-9-20/h16H,6-10H2,1-5H3. The molecule has 0 atom stereocenters. The average molecular weight is 306 g/mol. The molecule has 0 aliphatic carbocycles. The van der Waals surface area contributed by atoms with Crippen molar-refractivity contribution >= 4 is 17.5 Å². The van der Waals surface area contributed by atoms with Gasteiger partial charge in [0.25, 0.3) is 0 Å². The monoisotopic (exact) mass is 306 g/mol. The predicted molar refractivity (Wildman–Crippen MR) is 87.6 cm³/mol. The maximum absolute atomic E-state index is 12.7. The lowest BCUT2D eigenvalue weighted by Gasteiger charge is -2.29. The first-order chi connectivity index (χ1) is 10.3. The number of piperazine rings is 1. The number of urea groups is 1. The fourth-order valence-corrected chi connectivity index (χ4v) is 3.16. The molecular formula is C15H26N6O. The molecule has 0 aromatic carbocycles. The fourth-order valence-electron chi connectivity index (χ4n) is 3.16. The summed E-state index contributed by atoms with van der Waals surface area (Å²) in [6.07, 6.45) is 0. The summed E-state index contributed by atoms with van der Waals surface area (Å²) < 4.78 is 1.88. The van der Waals surface area contributed by atoms with Crippen LogP contribution in [-0.2, 0) is 7.05 Å². The Morgan fingerprint density at radius 1 is 1.18 bits per heavy atom. The molecule has 2 aliphatic rings. The molecule has 22 heavy (non-hydrogen) atoms. The van der Waals surface area contributed by atoms with E-state index in [0.717, 1.165) is 43.4 Å². The minimum absolute atomic E-state index is 0.0532. The first kappa shape index (κ1) is 15.1. The lowest BCUT2D eigenvalue weighted by atomic mass is 10.1. The molecule has 1 aromatic heterocycles. The van der Waals surface area contributed by atoms with Crippen molar-refractivity contribution in [3.63, 3.8) is 0 Å². The zero-order valence-corrected chi connectivity index (χ0v) is 14.2. The van der Waals surface area contributed by atoms with Crippen LogP contribution in [0.25, 0.3) is 0 Å². The van der Waals surface area contributed by atoms with Gasteiger partial charge in [0.05, 0.1) is 17.8 Å². The Kier molecular flexibility index (Phi) is 3.55. The number of hydrogen-bond donors (Lipinski definition) is 1. The summed E-state index contributed by atoms with van der Waals surface area (Å²) in [6.45, 7) is 10.7. The highest BCUT2D eigenvalue weighted by Crippen LogP contribution is 2.37. The molecule has 2 fully saturated rings. The van der Waals surface area contributed by atoms with Gasteiger partial charge in [0.1, 0.15) is 5.69 Å². The molecule has 1 aromatic rings. The Morgan fingerprint density at radius 2 is 1.82 bits per heavy atom. The molecular weight excluding hydrogens is 280 g/mol. The number of hydrogen-bond acceptors (Lipinski definition) is 4. The normalized spacial score (nSPS) is 21.9. The number of amides is 2. The predicted octanol–water partition coefficient (Wildman–Crippen LogP) is 0.789. The van der Waals surface area contributed by atoms with E-state index in [1.165, 1.54) is 0 Å². The molecule has 1 N–H and O–H groups in total. The van der Waals surface area contributed by atoms with Crippen molar-refractivity contribution < 1.29 is 4.79 Å². The molecule has 122 valence electrons. The number of aromatic nitrogens is 2. The summed E-state index contributed by atoms with van der Waals surface area (Å²) in [5.41, 5.74) is 1.83. The van der Waals surface area contributed by atoms with Crippen LogP contribution in [0.5, 0.6) is 0 Å². The lowest BCUT2D eigenvalue weighted by Crippen LogP contribution is -2.44. The van der Waals surface area contributed by atoms with E-state index >= 15 is 0 Å². The van der Waals surface area contributed by atoms with Gasteiger partial charge >= 0.3 is 6.03 Å². The highest BCUT2D eigenvalue weighted by molar-refractivity contribution is 5.98. The average Bonchev–Trinajstić information content (AvgIpc) is 2.89. The van der Waals surface area contributed by atoms with Gasteiger partial charge in [-0.15, -0.1) is 0 Å². The number of anilines is 2. The third-order valence-corrected chi connectivity index (χ3v) is 4.94. The molecule has 0 unspecified atom stereocenters. The highest BCUT2D eigenvalue weighted by Gasteiger charge is 2.43. The third-order valence-electron chi connectivity index (χ3n) is 4.94. The quantitative estimate of drug-likeness (QED) is 0.878. The van der Waals surface area contributed by atoms with Crippen molar-refractivity contribution in [3.8, 4) is 0 Å². The van der Waals surface area contributed by atoms with Crippen LogP contribution in [0.2, 0.25) is 0 Å². The zero-order valence-electron chi connectivity index (χ0n) is 14.2. The second-order valence-corrected chi connectivity index (χ2v) is 6.86. The van der Waals surface area contributed by atoms with E-state index in [2.05, 4.69) is 29.2 Å². The van der Waals surface area contributed by atoms with Gasteiger partial charge in [0, 0.05) is 40.3 Å². The maximum atomic E-state index is 12.7. The van der Waals surface area contributed by atoms with Crippen LogP contribution >= 0.6 is 0 Å². The molecule has 0 bridgehead atoms. The third kappa shape index (κ3) is 2.24. The number of rotatable bonds is 2. The van der Waals surface area contributed by atoms with Crippen molar-refractivity contribution in [1.82, 2.24) is 20.0 Å². The van der Waals surface area contributed by atoms with Crippen molar-refractivity contribution in [2.75, 3.05) is 49.6 Å². The summed E-state index contributed by atoms with van der Waals surface area (Å²) in [6, 6.07) is 0.0532. The van der Waals surface area contributed by atoms with Crippen LogP contribution in [0.3, 0.4) is 0 Å². The van der Waals surface area contributed by atoms with Gasteiger partial charge in [-0.2, -0.15) is 5.10 Å². The Labute approximate surface area is 131 Å². The molecule has 7 heteroatoms. The van der Waals surface area contributed by atoms with Crippen LogP contribution in [-0.4, -0.2) is 66.0 Å². The highest BCUT2D eigenvalue weighted by atomic mass is 16.2. The van der Waals surface area contributed by atoms with Crippen molar-refractivity contribution in [2.24, 2.45) is 7.05 Å². The minimum atomic E-state index is -0.167. The van der Waals surface area contributed by atoms with Gasteiger partial charge < -0.3 is 15.1 Å². The minimum Gasteiger partial charge on any atom is -0.351 e. The molecule has 7 nitrogen and oxygen atoms in total. The number of nitrogens with zero attached hydrogens (tertiary/aromatic N) is 5. The van der Waals surface area contributed by atoms with Gasteiger partial charge in [-0.3, -0.25) is 9.58 Å². The van der Waals surface area contributed by atoms with Crippen LogP contribution in [0, 0.1) is 6.92 Å². The van der Waals surface area contributed by atoms with Crippen LogP contribution in [0.4, 0.5) is 16.3 Å². The SMILES string of the molecule is Cc1c(N2CC(C)(C)N(C)C2=O)c(N2CCNCC2)nn1C. The van der Waals surface area contributed by atoms with E-state index in [9.17, 15) is 4.79 Å². The Balaban J connectivity index is 2.01. The van der Waals surface area contributed by atoms with E-state index in [-0.39, 0.29) is 11.6 Å². The summed E-state index contributed by atoms with van der Waals surface area (Å²) in [4.78, 5) is 18.7. The van der Waals surface area contributed by atoms with Crippen LogP contribution in [0.15, 0.2) is 0 Å².